The molecule has 222 valence electrons. The molecular weight excluding hydrogens is 602 g/mol. The molecule has 0 aliphatic rings. The molecule has 0 N–H and O–H groups in total. The molecule has 0 heterocycles. The lowest BCUT2D eigenvalue weighted by Crippen LogP contribution is -2.04. The van der Waals surface area contributed by atoms with Crippen molar-refractivity contribution in [3.8, 4) is 34.6 Å². The maximum atomic E-state index is 13.1. The molecular formula is C36H16F6N4. The summed E-state index contributed by atoms with van der Waals surface area (Å²) in [4.78, 5) is 8.20. The number of rotatable bonds is 2. The van der Waals surface area contributed by atoms with Crippen LogP contribution in [0.3, 0.4) is 0 Å². The van der Waals surface area contributed by atoms with E-state index in [0.29, 0.717) is 54.5 Å². The molecule has 0 bridgehead atoms. The van der Waals surface area contributed by atoms with Crippen molar-refractivity contribution in [1.29, 1.82) is 10.5 Å². The quantitative estimate of drug-likeness (QED) is 0.143. The van der Waals surface area contributed by atoms with E-state index in [1.807, 2.05) is 36.7 Å². The predicted octanol–water partition coefficient (Wildman–Crippen LogP) is 9.31. The Morgan fingerprint density at radius 1 is 0.391 bits per heavy atom. The Morgan fingerprint density at radius 3 is 1.07 bits per heavy atom. The Morgan fingerprint density at radius 2 is 0.717 bits per heavy atom. The monoisotopic (exact) mass is 618 g/mol. The van der Waals surface area contributed by atoms with Crippen LogP contribution in [0.1, 0.15) is 11.1 Å². The summed E-state index contributed by atoms with van der Waals surface area (Å²) in [7, 11) is 0. The Balaban J connectivity index is 1.44. The predicted molar refractivity (Wildman–Crippen MR) is 162 cm³/mol. The van der Waals surface area contributed by atoms with Gasteiger partial charge >= 0.3 is 12.4 Å². The zero-order valence-electron chi connectivity index (χ0n) is 23.3. The van der Waals surface area contributed by atoms with Crippen molar-refractivity contribution < 1.29 is 26.3 Å². The lowest BCUT2D eigenvalue weighted by atomic mass is 10.0. The van der Waals surface area contributed by atoms with Crippen molar-refractivity contribution in [3.63, 3.8) is 0 Å². The van der Waals surface area contributed by atoms with Gasteiger partial charge in [-0.3, -0.25) is 0 Å². The van der Waals surface area contributed by atoms with Gasteiger partial charge in [-0.1, -0.05) is 48.5 Å². The average molecular weight is 619 g/mol. The Kier molecular flexibility index (Phi) is 6.43. The summed E-state index contributed by atoms with van der Waals surface area (Å²) in [6.07, 6.45) is -5.22. The molecule has 0 radical (unpaired) electrons. The van der Waals surface area contributed by atoms with Crippen molar-refractivity contribution in [3.05, 3.63) is 119 Å². The van der Waals surface area contributed by atoms with E-state index in [-0.39, 0.29) is 0 Å². The van der Waals surface area contributed by atoms with Gasteiger partial charge in [0.2, 0.25) is 12.4 Å². The maximum absolute atomic E-state index is 13.1. The molecule has 0 aliphatic heterocycles. The van der Waals surface area contributed by atoms with E-state index in [0.717, 1.165) is 45.8 Å². The highest BCUT2D eigenvalue weighted by atomic mass is 19.4. The van der Waals surface area contributed by atoms with Crippen LogP contribution in [0.4, 0.5) is 26.3 Å². The molecule has 0 saturated heterocycles. The standard InChI is InChI=1S/C36H16F6N4/c37-35(38,39)23-7-1-19(2-8-23)21-5-11-25-27-15-28-26-12-6-22(20-3-9-24(10-4-20)36(40,41)42)14-30(26)34(46-18-44)32(28)16-31(27)33(45-17-43)29(25)13-21/h1-16H/b45-33+,46-34+. The number of fused-ring (bicyclic) bond motifs is 6. The molecule has 0 aliphatic carbocycles. The molecule has 0 amide bonds. The minimum Gasteiger partial charge on any atom is -0.172 e. The fourth-order valence-corrected chi connectivity index (χ4v) is 6.08. The summed E-state index contributed by atoms with van der Waals surface area (Å²) in [6.45, 7) is 0. The highest BCUT2D eigenvalue weighted by molar-refractivity contribution is 6.21. The van der Waals surface area contributed by atoms with Crippen LogP contribution in [0.15, 0.2) is 107 Å². The topological polar surface area (TPSA) is 72.3 Å². The number of nitrogens with zero attached hydrogens (tertiary/aromatic N) is 4. The third-order valence-corrected chi connectivity index (χ3v) is 8.21. The minimum absolute atomic E-state index is 0.377. The first-order valence-electron chi connectivity index (χ1n) is 13.7. The van der Waals surface area contributed by atoms with Gasteiger partial charge in [0.05, 0.1) is 21.8 Å². The average Bonchev–Trinajstić information content (AvgIpc) is 3.50. The molecule has 0 atom stereocenters. The molecule has 7 aromatic rings. The van der Waals surface area contributed by atoms with Crippen molar-refractivity contribution in [1.82, 2.24) is 0 Å². The molecule has 4 nitrogen and oxygen atoms in total. The van der Waals surface area contributed by atoms with Gasteiger partial charge in [-0.2, -0.15) is 46.9 Å². The normalized spacial score (nSPS) is 13.2. The second-order valence-electron chi connectivity index (χ2n) is 10.7. The maximum Gasteiger partial charge on any atom is 0.416 e. The van der Waals surface area contributed by atoms with Crippen molar-refractivity contribution in [2.75, 3.05) is 0 Å². The highest BCUT2D eigenvalue weighted by Crippen LogP contribution is 2.37. The van der Waals surface area contributed by atoms with Crippen molar-refractivity contribution >= 4 is 43.1 Å². The third kappa shape index (κ3) is 4.63. The lowest BCUT2D eigenvalue weighted by molar-refractivity contribution is -0.138. The van der Waals surface area contributed by atoms with Crippen LogP contribution in [0.5, 0.6) is 0 Å². The minimum atomic E-state index is -4.46. The van der Waals surface area contributed by atoms with E-state index in [2.05, 4.69) is 9.98 Å². The fourth-order valence-electron chi connectivity index (χ4n) is 6.08. The zero-order valence-corrected chi connectivity index (χ0v) is 23.3. The molecule has 0 saturated carbocycles. The van der Waals surface area contributed by atoms with Crippen LogP contribution in [0, 0.1) is 22.9 Å². The molecule has 0 aromatic heterocycles. The molecule has 7 rings (SSSR count). The van der Waals surface area contributed by atoms with E-state index >= 15 is 0 Å². The molecule has 0 fully saturated rings. The summed E-state index contributed by atoms with van der Waals surface area (Å²) in [6, 6.07) is 24.2. The second kappa shape index (κ2) is 10.3. The number of hydrogen-bond acceptors (Lipinski definition) is 4. The third-order valence-electron chi connectivity index (χ3n) is 8.21. The van der Waals surface area contributed by atoms with Gasteiger partial charge < -0.3 is 0 Å². The summed E-state index contributed by atoms with van der Waals surface area (Å²) in [5.74, 6) is 0. The SMILES string of the molecule is N#C/N=c1\c2cc(-c3ccc(C(F)(F)F)cc3)ccc2c2cc3c(cc12)/c(=N/C#N)c1cc(-c2ccc(C(F)(F)F)cc2)ccc13. The van der Waals surface area contributed by atoms with Gasteiger partial charge in [-0.15, -0.1) is 0 Å². The lowest BCUT2D eigenvalue weighted by Gasteiger charge is -2.08. The van der Waals surface area contributed by atoms with E-state index in [4.69, 9.17) is 0 Å². The smallest absolute Gasteiger partial charge is 0.172 e. The van der Waals surface area contributed by atoms with Crippen LogP contribution in [-0.2, 0) is 12.4 Å². The van der Waals surface area contributed by atoms with Crippen LogP contribution in [-0.4, -0.2) is 0 Å². The van der Waals surface area contributed by atoms with Crippen LogP contribution in [0.2, 0.25) is 0 Å². The van der Waals surface area contributed by atoms with Crippen LogP contribution < -0.4 is 10.7 Å². The number of benzene rings is 5. The Bertz CT molecular complexity index is 2380. The molecule has 46 heavy (non-hydrogen) atoms. The Hall–Kier alpha value is -6.00. The first-order chi connectivity index (χ1) is 22.0. The van der Waals surface area contributed by atoms with E-state index < -0.39 is 23.5 Å². The largest absolute Gasteiger partial charge is 0.416 e. The first kappa shape index (κ1) is 28.8. The second-order valence-corrected chi connectivity index (χ2v) is 10.7. The zero-order chi connectivity index (χ0) is 32.4. The van der Waals surface area contributed by atoms with Gasteiger partial charge in [0.15, 0.2) is 0 Å². The van der Waals surface area contributed by atoms with Crippen molar-refractivity contribution in [2.45, 2.75) is 12.4 Å². The molecule has 7 aromatic carbocycles. The van der Waals surface area contributed by atoms with Gasteiger partial charge in [-0.25, -0.2) is 0 Å². The summed E-state index contributed by atoms with van der Waals surface area (Å²) < 4.78 is 78.6. The van der Waals surface area contributed by atoms with E-state index in [1.54, 1.807) is 24.3 Å². The fraction of sp³-hybridized carbons (Fsp3) is 0.0556. The summed E-state index contributed by atoms with van der Waals surface area (Å²) in [5.41, 5.74) is 0.900. The van der Waals surface area contributed by atoms with Crippen LogP contribution in [0.25, 0.3) is 65.3 Å². The van der Waals surface area contributed by atoms with Gasteiger partial charge in [0.25, 0.3) is 0 Å². The van der Waals surface area contributed by atoms with Gasteiger partial charge in [-0.05, 0) is 92.3 Å². The summed E-state index contributed by atoms with van der Waals surface area (Å²) in [5, 5.41) is 25.5. The number of hydrogen-bond donors (Lipinski definition) is 0. The summed E-state index contributed by atoms with van der Waals surface area (Å²) >= 11 is 0. The number of halogens is 6. The highest BCUT2D eigenvalue weighted by Gasteiger charge is 2.31. The van der Waals surface area contributed by atoms with Gasteiger partial charge in [0, 0.05) is 21.5 Å². The number of alkyl halides is 6. The first-order valence-corrected chi connectivity index (χ1v) is 13.7. The van der Waals surface area contributed by atoms with Crippen LogP contribution >= 0.6 is 0 Å². The van der Waals surface area contributed by atoms with Crippen molar-refractivity contribution in [2.24, 2.45) is 9.98 Å². The molecule has 10 heteroatoms. The molecule has 0 unspecified atom stereocenters. The molecule has 0 spiro atoms. The van der Waals surface area contributed by atoms with E-state index in [1.165, 1.54) is 24.3 Å². The van der Waals surface area contributed by atoms with Gasteiger partial charge in [0.1, 0.15) is 0 Å². The number of nitriles is 2. The van der Waals surface area contributed by atoms with E-state index in [9.17, 15) is 36.9 Å². The Labute approximate surface area is 255 Å².